The Morgan fingerprint density at radius 2 is 2.33 bits per heavy atom. The first kappa shape index (κ1) is 6.51. The van der Waals surface area contributed by atoms with Gasteiger partial charge in [0.25, 0.3) is 0 Å². The van der Waals surface area contributed by atoms with Gasteiger partial charge >= 0.3 is 5.97 Å². The molecule has 0 unspecified atom stereocenters. The number of hydrogen-bond donors (Lipinski definition) is 2. The summed E-state index contributed by atoms with van der Waals surface area (Å²) in [4.78, 5) is 10.2. The lowest BCUT2D eigenvalue weighted by Crippen LogP contribution is -2.38. The van der Waals surface area contributed by atoms with Crippen LogP contribution in [0.15, 0.2) is 0 Å². The lowest BCUT2D eigenvalue weighted by atomic mass is 10.1. The van der Waals surface area contributed by atoms with Crippen LogP contribution in [0.2, 0.25) is 0 Å². The Kier molecular flexibility index (Phi) is 1.42. The van der Waals surface area contributed by atoms with Gasteiger partial charge in [-0.05, 0) is 0 Å². The number of carbonyl (C=O) groups is 1. The van der Waals surface area contributed by atoms with E-state index in [1.54, 1.807) is 0 Å². The molecule has 0 radical (unpaired) electrons. The minimum atomic E-state index is -1.61. The van der Waals surface area contributed by atoms with E-state index in [9.17, 15) is 4.79 Å². The number of carboxylic acids is 1. The van der Waals surface area contributed by atoms with Crippen LogP contribution >= 0.6 is 0 Å². The molecule has 0 aromatic rings. The maximum atomic E-state index is 10.2. The molecule has 1 saturated heterocycles. The molecule has 0 spiro atoms. The molecule has 1 atom stereocenters. The van der Waals surface area contributed by atoms with Crippen molar-refractivity contribution >= 4 is 5.97 Å². The molecule has 52 valence electrons. The van der Waals surface area contributed by atoms with Gasteiger partial charge in [-0.15, -0.1) is 0 Å². The zero-order valence-electron chi connectivity index (χ0n) is 4.83. The summed E-state index contributed by atoms with van der Waals surface area (Å²) < 4.78 is 4.69. The van der Waals surface area contributed by atoms with E-state index < -0.39 is 11.6 Å². The van der Waals surface area contributed by atoms with Crippen molar-refractivity contribution in [2.75, 3.05) is 13.2 Å². The fraction of sp³-hybridized carbons (Fsp3) is 0.800. The number of rotatable bonds is 1. The monoisotopic (exact) mass is 132 g/mol. The summed E-state index contributed by atoms with van der Waals surface area (Å²) in [6, 6.07) is 0. The van der Waals surface area contributed by atoms with Crippen molar-refractivity contribution in [3.05, 3.63) is 0 Å². The summed E-state index contributed by atoms with van der Waals surface area (Å²) in [6.45, 7) is 0.255. The summed E-state index contributed by atoms with van der Waals surface area (Å²) in [5, 5.41) is 17.4. The highest BCUT2D eigenvalue weighted by Crippen LogP contribution is 2.17. The van der Waals surface area contributed by atoms with Crippen LogP contribution in [0.3, 0.4) is 0 Å². The molecule has 0 aromatic heterocycles. The molecule has 0 aliphatic carbocycles. The highest BCUT2D eigenvalue weighted by Gasteiger charge is 2.39. The van der Waals surface area contributed by atoms with Crippen molar-refractivity contribution in [2.24, 2.45) is 0 Å². The average Bonchev–Trinajstić information content (AvgIpc) is 2.16. The number of carboxylic acid groups (broad SMARTS) is 1. The van der Waals surface area contributed by atoms with Crippen LogP contribution < -0.4 is 0 Å². The number of aliphatic carboxylic acids is 1. The first-order valence-corrected chi connectivity index (χ1v) is 2.69. The van der Waals surface area contributed by atoms with Gasteiger partial charge in [-0.2, -0.15) is 0 Å². The number of hydrogen-bond acceptors (Lipinski definition) is 3. The predicted octanol–water partition coefficient (Wildman–Crippen LogP) is -0.778. The van der Waals surface area contributed by atoms with Crippen molar-refractivity contribution in [2.45, 2.75) is 12.0 Å². The van der Waals surface area contributed by atoms with Gasteiger partial charge in [0.05, 0.1) is 13.2 Å². The lowest BCUT2D eigenvalue weighted by molar-refractivity contribution is -0.158. The minimum absolute atomic E-state index is 0.0810. The van der Waals surface area contributed by atoms with E-state index in [2.05, 4.69) is 0 Å². The summed E-state index contributed by atoms with van der Waals surface area (Å²) in [7, 11) is 0. The SMILES string of the molecule is O=C(O)[C@@]1(O)CCOC1. The van der Waals surface area contributed by atoms with Crippen LogP contribution in [0.25, 0.3) is 0 Å². The molecule has 4 heteroatoms. The van der Waals surface area contributed by atoms with E-state index in [1.165, 1.54) is 0 Å². The van der Waals surface area contributed by atoms with Gasteiger partial charge in [-0.3, -0.25) is 0 Å². The minimum Gasteiger partial charge on any atom is -0.479 e. The Balaban J connectivity index is 2.61. The van der Waals surface area contributed by atoms with Crippen molar-refractivity contribution in [1.82, 2.24) is 0 Å². The van der Waals surface area contributed by atoms with Crippen LogP contribution in [0.5, 0.6) is 0 Å². The summed E-state index contributed by atoms with van der Waals surface area (Å²) in [5.74, 6) is -1.19. The van der Waals surface area contributed by atoms with Gasteiger partial charge in [0.15, 0.2) is 5.60 Å². The molecule has 9 heavy (non-hydrogen) atoms. The predicted molar refractivity (Wildman–Crippen MR) is 28.0 cm³/mol. The third-order valence-corrected chi connectivity index (χ3v) is 1.40. The van der Waals surface area contributed by atoms with Crippen LogP contribution in [0.1, 0.15) is 6.42 Å². The van der Waals surface area contributed by atoms with E-state index in [4.69, 9.17) is 14.9 Å². The summed E-state index contributed by atoms with van der Waals surface area (Å²) >= 11 is 0. The second-order valence-corrected chi connectivity index (χ2v) is 2.14. The van der Waals surface area contributed by atoms with Crippen molar-refractivity contribution in [3.8, 4) is 0 Å². The summed E-state index contributed by atoms with van der Waals surface area (Å²) in [6.07, 6.45) is 0.197. The zero-order valence-corrected chi connectivity index (χ0v) is 4.83. The normalized spacial score (nSPS) is 34.8. The molecule has 0 bridgehead atoms. The van der Waals surface area contributed by atoms with Gasteiger partial charge in [0.2, 0.25) is 0 Å². The molecule has 1 heterocycles. The summed E-state index contributed by atoms with van der Waals surface area (Å²) in [5.41, 5.74) is -1.61. The third kappa shape index (κ3) is 1.04. The molecule has 2 N–H and O–H groups in total. The molecule has 1 fully saturated rings. The number of ether oxygens (including phenoxy) is 1. The molecular formula is C5H8O4. The van der Waals surface area contributed by atoms with Gasteiger partial charge in [0, 0.05) is 6.42 Å². The van der Waals surface area contributed by atoms with E-state index in [0.717, 1.165) is 0 Å². The second kappa shape index (κ2) is 1.97. The van der Waals surface area contributed by atoms with E-state index in [1.807, 2.05) is 0 Å². The highest BCUT2D eigenvalue weighted by molar-refractivity contribution is 5.77. The van der Waals surface area contributed by atoms with Crippen LogP contribution in [0.4, 0.5) is 0 Å². The topological polar surface area (TPSA) is 66.8 Å². The lowest BCUT2D eigenvalue weighted by Gasteiger charge is -2.12. The van der Waals surface area contributed by atoms with Crippen LogP contribution in [0, 0.1) is 0 Å². The molecule has 0 aromatic carbocycles. The fourth-order valence-electron chi connectivity index (χ4n) is 0.723. The molecule has 1 aliphatic heterocycles. The first-order valence-electron chi connectivity index (χ1n) is 2.69. The van der Waals surface area contributed by atoms with Crippen molar-refractivity contribution in [3.63, 3.8) is 0 Å². The van der Waals surface area contributed by atoms with Crippen LogP contribution in [-0.4, -0.2) is 35.0 Å². The Morgan fingerprint density at radius 3 is 2.56 bits per heavy atom. The number of aliphatic hydroxyl groups is 1. The van der Waals surface area contributed by atoms with E-state index in [-0.39, 0.29) is 13.0 Å². The van der Waals surface area contributed by atoms with E-state index >= 15 is 0 Å². The van der Waals surface area contributed by atoms with Gasteiger partial charge in [0.1, 0.15) is 0 Å². The van der Waals surface area contributed by atoms with E-state index in [0.29, 0.717) is 6.61 Å². The largest absolute Gasteiger partial charge is 0.479 e. The molecule has 0 amide bonds. The fourth-order valence-corrected chi connectivity index (χ4v) is 0.723. The molecule has 4 nitrogen and oxygen atoms in total. The standard InChI is InChI=1S/C5H8O4/c6-4(7)5(8)1-2-9-3-5/h8H,1-3H2,(H,6,7)/t5-/m1/s1. The molecule has 1 aliphatic rings. The zero-order chi connectivity index (χ0) is 6.91. The Labute approximate surface area is 52.1 Å². The highest BCUT2D eigenvalue weighted by atomic mass is 16.5. The van der Waals surface area contributed by atoms with Gasteiger partial charge < -0.3 is 14.9 Å². The maximum Gasteiger partial charge on any atom is 0.338 e. The van der Waals surface area contributed by atoms with Gasteiger partial charge in [-0.1, -0.05) is 0 Å². The first-order chi connectivity index (χ1) is 4.15. The van der Waals surface area contributed by atoms with Crippen LogP contribution in [-0.2, 0) is 9.53 Å². The smallest absolute Gasteiger partial charge is 0.338 e. The molecule has 1 rings (SSSR count). The second-order valence-electron chi connectivity index (χ2n) is 2.14. The van der Waals surface area contributed by atoms with Gasteiger partial charge in [-0.25, -0.2) is 4.79 Å². The Morgan fingerprint density at radius 1 is 1.67 bits per heavy atom. The van der Waals surface area contributed by atoms with Crippen molar-refractivity contribution in [1.29, 1.82) is 0 Å². The Hall–Kier alpha value is -0.610. The average molecular weight is 132 g/mol. The molecule has 0 saturated carbocycles. The Bertz CT molecular complexity index is 125. The van der Waals surface area contributed by atoms with Crippen molar-refractivity contribution < 1.29 is 19.7 Å². The third-order valence-electron chi connectivity index (χ3n) is 1.40. The molecular weight excluding hydrogens is 124 g/mol. The quantitative estimate of drug-likeness (QED) is 0.491. The maximum absolute atomic E-state index is 10.2.